The van der Waals surface area contributed by atoms with Gasteiger partial charge in [-0.15, -0.1) is 18.3 Å². The lowest BCUT2D eigenvalue weighted by atomic mass is 10.2. The molecule has 0 unspecified atom stereocenters. The van der Waals surface area contributed by atoms with Crippen LogP contribution in [-0.4, -0.2) is 21.5 Å². The third-order valence-electron chi connectivity index (χ3n) is 1.54. The highest BCUT2D eigenvalue weighted by atomic mass is 15.4. The number of nitrogens with zero attached hydrogens (tertiary/aromatic N) is 3. The van der Waals surface area contributed by atoms with Crippen molar-refractivity contribution in [2.24, 2.45) is 12.8 Å². The fourth-order valence-electron chi connectivity index (χ4n) is 0.960. The van der Waals surface area contributed by atoms with Gasteiger partial charge in [0.15, 0.2) is 0 Å². The van der Waals surface area contributed by atoms with Gasteiger partial charge in [0, 0.05) is 13.2 Å². The predicted octanol–water partition coefficient (Wildman–Crippen LogP) is 1.92. The van der Waals surface area contributed by atoms with Gasteiger partial charge in [-0.1, -0.05) is 19.1 Å². The summed E-state index contributed by atoms with van der Waals surface area (Å²) < 4.78 is 1.72. The van der Waals surface area contributed by atoms with Crippen LogP contribution in [-0.2, 0) is 13.5 Å². The maximum atomic E-state index is 5.36. The van der Waals surface area contributed by atoms with E-state index in [9.17, 15) is 0 Å². The third kappa shape index (κ3) is 9.15. The van der Waals surface area contributed by atoms with Gasteiger partial charge < -0.3 is 5.73 Å². The highest BCUT2D eigenvalue weighted by molar-refractivity contribution is 4.91. The van der Waals surface area contributed by atoms with Gasteiger partial charge in [0.2, 0.25) is 0 Å². The van der Waals surface area contributed by atoms with Gasteiger partial charge in [0.1, 0.15) is 0 Å². The molecule has 1 aromatic heterocycles. The molecule has 0 atom stereocenters. The zero-order chi connectivity index (χ0) is 12.1. The molecule has 0 radical (unpaired) electrons. The molecule has 0 saturated carbocycles. The van der Waals surface area contributed by atoms with E-state index >= 15 is 0 Å². The smallest absolute Gasteiger partial charge is 0.0827 e. The molecule has 0 aliphatic carbocycles. The van der Waals surface area contributed by atoms with Crippen molar-refractivity contribution in [3.05, 3.63) is 25.0 Å². The summed E-state index contributed by atoms with van der Waals surface area (Å²) >= 11 is 0. The molecule has 4 nitrogen and oxygen atoms in total. The first-order valence-electron chi connectivity index (χ1n) is 5.38. The van der Waals surface area contributed by atoms with Gasteiger partial charge in [-0.2, -0.15) is 0 Å². The Morgan fingerprint density at radius 3 is 2.33 bits per heavy atom. The van der Waals surface area contributed by atoms with Gasteiger partial charge in [-0.25, -0.2) is 0 Å². The standard InChI is InChI=1S/C7H14N4.C2H6.C2H4/c1-11-6-7(9-10-11)4-2-3-5-8;2*1-2/h6H,2-5,8H2,1H3;1-2H3;1-2H2. The molecule has 88 valence electrons. The number of hydrogen-bond donors (Lipinski definition) is 1. The van der Waals surface area contributed by atoms with E-state index in [1.165, 1.54) is 0 Å². The summed E-state index contributed by atoms with van der Waals surface area (Å²) in [4.78, 5) is 0. The number of nitrogens with two attached hydrogens (primary N) is 1. The first kappa shape index (κ1) is 16.3. The quantitative estimate of drug-likeness (QED) is 0.613. The molecule has 0 fully saturated rings. The van der Waals surface area contributed by atoms with Crippen LogP contribution in [0.25, 0.3) is 0 Å². The molecule has 15 heavy (non-hydrogen) atoms. The third-order valence-corrected chi connectivity index (χ3v) is 1.54. The maximum absolute atomic E-state index is 5.36. The van der Waals surface area contributed by atoms with Crippen LogP contribution >= 0.6 is 0 Å². The van der Waals surface area contributed by atoms with Crippen LogP contribution in [0, 0.1) is 0 Å². The van der Waals surface area contributed by atoms with Crippen LogP contribution in [0.5, 0.6) is 0 Å². The SMILES string of the molecule is C=C.CC.Cn1cc(CCCCN)nn1. The molecule has 1 heterocycles. The Morgan fingerprint density at radius 1 is 1.33 bits per heavy atom. The minimum Gasteiger partial charge on any atom is -0.330 e. The van der Waals surface area contributed by atoms with E-state index < -0.39 is 0 Å². The van der Waals surface area contributed by atoms with Crippen LogP contribution in [0.3, 0.4) is 0 Å². The lowest BCUT2D eigenvalue weighted by Gasteiger charge is -1.92. The Morgan fingerprint density at radius 2 is 1.93 bits per heavy atom. The van der Waals surface area contributed by atoms with Crippen molar-refractivity contribution in [2.75, 3.05) is 6.54 Å². The Balaban J connectivity index is 0. The van der Waals surface area contributed by atoms with Crippen LogP contribution < -0.4 is 5.73 Å². The number of aryl methyl sites for hydroxylation is 2. The van der Waals surface area contributed by atoms with Gasteiger partial charge in [-0.3, -0.25) is 4.68 Å². The summed E-state index contributed by atoms with van der Waals surface area (Å²) in [5, 5.41) is 7.79. The van der Waals surface area contributed by atoms with E-state index in [1.54, 1.807) is 4.68 Å². The number of hydrogen-bond acceptors (Lipinski definition) is 3. The normalized spacial score (nSPS) is 8.27. The Hall–Kier alpha value is -1.16. The largest absolute Gasteiger partial charge is 0.330 e. The summed E-state index contributed by atoms with van der Waals surface area (Å²) in [5.41, 5.74) is 6.41. The second-order valence-electron chi connectivity index (χ2n) is 2.63. The summed E-state index contributed by atoms with van der Waals surface area (Å²) in [6.45, 7) is 10.8. The van der Waals surface area contributed by atoms with Gasteiger partial charge in [0.05, 0.1) is 5.69 Å². The lowest BCUT2D eigenvalue weighted by molar-refractivity contribution is 0.706. The molecule has 1 aromatic rings. The number of unbranched alkanes of at least 4 members (excludes halogenated alkanes) is 1. The Kier molecular flexibility index (Phi) is 13.9. The van der Waals surface area contributed by atoms with Gasteiger partial charge >= 0.3 is 0 Å². The first-order chi connectivity index (χ1) is 7.33. The van der Waals surface area contributed by atoms with Crippen molar-refractivity contribution < 1.29 is 0 Å². The molecule has 0 amide bonds. The minimum absolute atomic E-state index is 0.764. The molecular weight excluding hydrogens is 188 g/mol. The summed E-state index contributed by atoms with van der Waals surface area (Å²) in [6, 6.07) is 0. The van der Waals surface area contributed by atoms with Crippen molar-refractivity contribution in [1.82, 2.24) is 15.0 Å². The van der Waals surface area contributed by atoms with Crippen LogP contribution in [0.15, 0.2) is 19.4 Å². The van der Waals surface area contributed by atoms with Crippen molar-refractivity contribution in [3.63, 3.8) is 0 Å². The van der Waals surface area contributed by atoms with Crippen molar-refractivity contribution >= 4 is 0 Å². The zero-order valence-corrected chi connectivity index (χ0v) is 10.2. The van der Waals surface area contributed by atoms with Crippen LogP contribution in [0.2, 0.25) is 0 Å². The first-order valence-corrected chi connectivity index (χ1v) is 5.38. The highest BCUT2D eigenvalue weighted by Crippen LogP contribution is 1.98. The predicted molar refractivity (Wildman–Crippen MR) is 65.6 cm³/mol. The van der Waals surface area contributed by atoms with Gasteiger partial charge in [-0.05, 0) is 25.8 Å². The van der Waals surface area contributed by atoms with Gasteiger partial charge in [0.25, 0.3) is 0 Å². The average molecular weight is 212 g/mol. The van der Waals surface area contributed by atoms with Crippen LogP contribution in [0.4, 0.5) is 0 Å². The maximum Gasteiger partial charge on any atom is 0.0827 e. The monoisotopic (exact) mass is 212 g/mol. The molecule has 0 aromatic carbocycles. The van der Waals surface area contributed by atoms with Crippen LogP contribution in [0.1, 0.15) is 32.4 Å². The molecule has 1 rings (SSSR count). The Bertz CT molecular complexity index is 220. The molecule has 4 heteroatoms. The molecule has 2 N–H and O–H groups in total. The fraction of sp³-hybridized carbons (Fsp3) is 0.636. The van der Waals surface area contributed by atoms with E-state index in [1.807, 2.05) is 27.1 Å². The fourth-order valence-corrected chi connectivity index (χ4v) is 0.960. The molecule has 0 saturated heterocycles. The molecule has 0 bridgehead atoms. The summed E-state index contributed by atoms with van der Waals surface area (Å²) in [5.74, 6) is 0. The number of aromatic nitrogens is 3. The minimum atomic E-state index is 0.764. The van der Waals surface area contributed by atoms with E-state index in [4.69, 9.17) is 5.73 Å². The van der Waals surface area contributed by atoms with E-state index in [0.717, 1.165) is 31.5 Å². The average Bonchev–Trinajstić information content (AvgIpc) is 2.71. The zero-order valence-electron chi connectivity index (χ0n) is 10.2. The lowest BCUT2D eigenvalue weighted by Crippen LogP contribution is -1.99. The molecule has 0 spiro atoms. The molecular formula is C11H24N4. The second-order valence-corrected chi connectivity index (χ2v) is 2.63. The Labute approximate surface area is 93.2 Å². The van der Waals surface area contributed by atoms with E-state index in [0.29, 0.717) is 0 Å². The number of rotatable bonds is 4. The highest BCUT2D eigenvalue weighted by Gasteiger charge is 1.96. The molecule has 0 aliphatic rings. The summed E-state index contributed by atoms with van der Waals surface area (Å²) in [6.07, 6.45) is 5.10. The van der Waals surface area contributed by atoms with Crippen molar-refractivity contribution in [1.29, 1.82) is 0 Å². The van der Waals surface area contributed by atoms with Crippen molar-refractivity contribution in [3.8, 4) is 0 Å². The second kappa shape index (κ2) is 12.8. The molecule has 0 aliphatic heterocycles. The summed E-state index contributed by atoms with van der Waals surface area (Å²) in [7, 11) is 1.87. The van der Waals surface area contributed by atoms with E-state index in [-0.39, 0.29) is 0 Å². The topological polar surface area (TPSA) is 56.7 Å². The van der Waals surface area contributed by atoms with E-state index in [2.05, 4.69) is 23.5 Å². The van der Waals surface area contributed by atoms with Crippen molar-refractivity contribution in [2.45, 2.75) is 33.1 Å².